The number of carbonyl (C=O) groups excluding carboxylic acids is 3. The summed E-state index contributed by atoms with van der Waals surface area (Å²) in [5, 5.41) is 2.63. The molecule has 1 aliphatic rings. The predicted octanol–water partition coefficient (Wildman–Crippen LogP) is 1.99. The quantitative estimate of drug-likeness (QED) is 0.599. The van der Waals surface area contributed by atoms with E-state index in [4.69, 9.17) is 9.47 Å². The number of hydrogen-bond donors (Lipinski definition) is 1. The van der Waals surface area contributed by atoms with E-state index in [0.29, 0.717) is 24.2 Å². The summed E-state index contributed by atoms with van der Waals surface area (Å²) in [6.07, 6.45) is 0.861. The van der Waals surface area contributed by atoms with Gasteiger partial charge in [0.15, 0.2) is 0 Å². The SMILES string of the molecule is CCC1(CC)NC(=O)N(CC(=O)OCc2cc(F)ccc2OC)C1=O. The molecule has 0 aliphatic carbocycles. The zero-order chi connectivity index (χ0) is 18.6. The monoisotopic (exact) mass is 352 g/mol. The van der Waals surface area contributed by atoms with E-state index < -0.39 is 35.8 Å². The molecular weight excluding hydrogens is 331 g/mol. The van der Waals surface area contributed by atoms with Crippen molar-refractivity contribution in [3.8, 4) is 5.75 Å². The minimum atomic E-state index is -0.969. The molecule has 1 saturated heterocycles. The van der Waals surface area contributed by atoms with Crippen molar-refractivity contribution < 1.29 is 28.2 Å². The Bertz CT molecular complexity index is 688. The average Bonchev–Trinajstić information content (AvgIpc) is 2.84. The van der Waals surface area contributed by atoms with Gasteiger partial charge in [-0.25, -0.2) is 9.18 Å². The van der Waals surface area contributed by atoms with E-state index in [1.54, 1.807) is 13.8 Å². The number of benzene rings is 1. The van der Waals surface area contributed by atoms with Crippen LogP contribution in [0.2, 0.25) is 0 Å². The van der Waals surface area contributed by atoms with Crippen LogP contribution in [0.25, 0.3) is 0 Å². The van der Waals surface area contributed by atoms with Crippen LogP contribution in [0.15, 0.2) is 18.2 Å². The number of urea groups is 1. The van der Waals surface area contributed by atoms with Gasteiger partial charge in [0.25, 0.3) is 5.91 Å². The molecule has 0 atom stereocenters. The highest BCUT2D eigenvalue weighted by Crippen LogP contribution is 2.25. The van der Waals surface area contributed by atoms with E-state index in [1.807, 2.05) is 0 Å². The second-order valence-corrected chi connectivity index (χ2v) is 5.73. The molecule has 25 heavy (non-hydrogen) atoms. The van der Waals surface area contributed by atoms with Crippen molar-refractivity contribution in [1.82, 2.24) is 10.2 Å². The maximum absolute atomic E-state index is 13.3. The molecule has 1 fully saturated rings. The fourth-order valence-electron chi connectivity index (χ4n) is 2.74. The number of ether oxygens (including phenoxy) is 2. The second-order valence-electron chi connectivity index (χ2n) is 5.73. The number of amides is 3. The van der Waals surface area contributed by atoms with Gasteiger partial charge in [-0.1, -0.05) is 13.8 Å². The summed E-state index contributed by atoms with van der Waals surface area (Å²) in [6, 6.07) is 3.23. The molecule has 136 valence electrons. The number of hydrogen-bond acceptors (Lipinski definition) is 5. The van der Waals surface area contributed by atoms with Crippen LogP contribution in [0.5, 0.6) is 5.75 Å². The first-order valence-electron chi connectivity index (χ1n) is 7.99. The summed E-state index contributed by atoms with van der Waals surface area (Å²) >= 11 is 0. The van der Waals surface area contributed by atoms with Crippen molar-refractivity contribution in [3.63, 3.8) is 0 Å². The highest BCUT2D eigenvalue weighted by Gasteiger charge is 2.49. The van der Waals surface area contributed by atoms with Gasteiger partial charge in [0.05, 0.1) is 7.11 Å². The van der Waals surface area contributed by atoms with Crippen LogP contribution in [0, 0.1) is 5.82 Å². The van der Waals surface area contributed by atoms with Crippen molar-refractivity contribution in [2.45, 2.75) is 38.8 Å². The summed E-state index contributed by atoms with van der Waals surface area (Å²) in [6.45, 7) is 2.86. The van der Waals surface area contributed by atoms with Crippen molar-refractivity contribution >= 4 is 17.9 Å². The molecule has 2 rings (SSSR count). The molecule has 3 amide bonds. The Labute approximate surface area is 145 Å². The Balaban J connectivity index is 2.00. The number of rotatable bonds is 7. The van der Waals surface area contributed by atoms with Gasteiger partial charge in [-0.3, -0.25) is 14.5 Å². The molecule has 0 bridgehead atoms. The van der Waals surface area contributed by atoms with E-state index in [-0.39, 0.29) is 6.61 Å². The lowest BCUT2D eigenvalue weighted by atomic mass is 9.93. The molecule has 1 aromatic carbocycles. The first kappa shape index (κ1) is 18.7. The number of nitrogens with one attached hydrogen (secondary N) is 1. The van der Waals surface area contributed by atoms with Crippen LogP contribution < -0.4 is 10.1 Å². The minimum Gasteiger partial charge on any atom is -0.496 e. The number of nitrogens with zero attached hydrogens (tertiary/aromatic N) is 1. The number of esters is 1. The molecule has 0 radical (unpaired) electrons. The molecule has 1 N–H and O–H groups in total. The highest BCUT2D eigenvalue weighted by molar-refractivity contribution is 6.08. The second kappa shape index (κ2) is 7.50. The molecule has 0 aromatic heterocycles. The van der Waals surface area contributed by atoms with Gasteiger partial charge < -0.3 is 14.8 Å². The third kappa shape index (κ3) is 3.72. The Morgan fingerprint density at radius 1 is 1.28 bits per heavy atom. The topological polar surface area (TPSA) is 84.9 Å². The molecule has 1 heterocycles. The first-order chi connectivity index (χ1) is 11.9. The zero-order valence-corrected chi connectivity index (χ0v) is 14.4. The maximum Gasteiger partial charge on any atom is 0.326 e. The molecule has 0 saturated carbocycles. The summed E-state index contributed by atoms with van der Waals surface area (Å²) in [7, 11) is 1.42. The number of imide groups is 1. The van der Waals surface area contributed by atoms with Crippen molar-refractivity contribution in [1.29, 1.82) is 0 Å². The van der Waals surface area contributed by atoms with Crippen LogP contribution >= 0.6 is 0 Å². The molecule has 8 heteroatoms. The fraction of sp³-hybridized carbons (Fsp3) is 0.471. The molecule has 1 aromatic rings. The van der Waals surface area contributed by atoms with Gasteiger partial charge in [-0.05, 0) is 31.0 Å². The first-order valence-corrected chi connectivity index (χ1v) is 7.99. The predicted molar refractivity (Wildman–Crippen MR) is 86.3 cm³/mol. The number of halogens is 1. The molecule has 7 nitrogen and oxygen atoms in total. The van der Waals surface area contributed by atoms with Crippen LogP contribution in [0.3, 0.4) is 0 Å². The molecule has 1 aliphatic heterocycles. The van der Waals surface area contributed by atoms with Crippen LogP contribution in [0.1, 0.15) is 32.3 Å². The third-order valence-electron chi connectivity index (χ3n) is 4.37. The number of carbonyl (C=O) groups is 3. The van der Waals surface area contributed by atoms with E-state index in [0.717, 1.165) is 4.90 Å². The summed E-state index contributed by atoms with van der Waals surface area (Å²) in [5.74, 6) is -1.32. The van der Waals surface area contributed by atoms with E-state index >= 15 is 0 Å². The lowest BCUT2D eigenvalue weighted by molar-refractivity contribution is -0.149. The van der Waals surface area contributed by atoms with Gasteiger partial charge >= 0.3 is 12.0 Å². The van der Waals surface area contributed by atoms with Crippen molar-refractivity contribution in [3.05, 3.63) is 29.6 Å². The summed E-state index contributed by atoms with van der Waals surface area (Å²) in [5.41, 5.74) is -0.618. The van der Waals surface area contributed by atoms with Gasteiger partial charge in [0.2, 0.25) is 0 Å². The Morgan fingerprint density at radius 2 is 1.96 bits per heavy atom. The largest absolute Gasteiger partial charge is 0.496 e. The standard InChI is InChI=1S/C17H21FN2O5/c1-4-17(5-2)15(22)20(16(23)19-17)9-14(21)25-10-11-8-12(18)6-7-13(11)24-3/h6-8H,4-5,9-10H2,1-3H3,(H,19,23). The average molecular weight is 352 g/mol. The van der Waals surface area contributed by atoms with E-state index in [9.17, 15) is 18.8 Å². The van der Waals surface area contributed by atoms with Crippen molar-refractivity contribution in [2.75, 3.05) is 13.7 Å². The van der Waals surface area contributed by atoms with Gasteiger partial charge in [-0.15, -0.1) is 0 Å². The lowest BCUT2D eigenvalue weighted by Crippen LogP contribution is -2.46. The fourth-order valence-corrected chi connectivity index (χ4v) is 2.74. The van der Waals surface area contributed by atoms with Crippen LogP contribution in [-0.4, -0.2) is 42.0 Å². The third-order valence-corrected chi connectivity index (χ3v) is 4.37. The van der Waals surface area contributed by atoms with Crippen LogP contribution in [-0.2, 0) is 20.9 Å². The Hall–Kier alpha value is -2.64. The molecule has 0 spiro atoms. The highest BCUT2D eigenvalue weighted by atomic mass is 19.1. The normalized spacial score (nSPS) is 15.9. The van der Waals surface area contributed by atoms with Gasteiger partial charge in [0.1, 0.15) is 30.3 Å². The minimum absolute atomic E-state index is 0.226. The Kier molecular flexibility index (Phi) is 5.61. The summed E-state index contributed by atoms with van der Waals surface area (Å²) in [4.78, 5) is 37.3. The smallest absolute Gasteiger partial charge is 0.326 e. The van der Waals surface area contributed by atoms with E-state index in [1.165, 1.54) is 25.3 Å². The van der Waals surface area contributed by atoms with Crippen LogP contribution in [0.4, 0.5) is 9.18 Å². The zero-order valence-electron chi connectivity index (χ0n) is 14.4. The molecular formula is C17H21FN2O5. The summed E-state index contributed by atoms with van der Waals surface area (Å²) < 4.78 is 23.4. The van der Waals surface area contributed by atoms with Gasteiger partial charge in [-0.2, -0.15) is 0 Å². The maximum atomic E-state index is 13.3. The Morgan fingerprint density at radius 3 is 2.52 bits per heavy atom. The van der Waals surface area contributed by atoms with Gasteiger partial charge in [0, 0.05) is 5.56 Å². The number of methoxy groups -OCH3 is 1. The lowest BCUT2D eigenvalue weighted by Gasteiger charge is -2.22. The van der Waals surface area contributed by atoms with Crippen molar-refractivity contribution in [2.24, 2.45) is 0 Å². The van der Waals surface area contributed by atoms with E-state index in [2.05, 4.69) is 5.32 Å². The molecule has 0 unspecified atom stereocenters.